The number of nitrogens with zero attached hydrogens (tertiary/aromatic N) is 3. The zero-order valence-corrected chi connectivity index (χ0v) is 15.7. The molecule has 1 aliphatic heterocycles. The maximum atomic E-state index is 12.0. The van der Waals surface area contributed by atoms with E-state index < -0.39 is 0 Å². The first-order chi connectivity index (χ1) is 13.0. The summed E-state index contributed by atoms with van der Waals surface area (Å²) in [6, 6.07) is 7.59. The predicted molar refractivity (Wildman–Crippen MR) is 105 cm³/mol. The van der Waals surface area contributed by atoms with E-state index in [0.29, 0.717) is 11.5 Å². The van der Waals surface area contributed by atoms with Crippen LogP contribution in [0.15, 0.2) is 53.3 Å². The van der Waals surface area contributed by atoms with Crippen LogP contribution in [0, 0.1) is 16.7 Å². The normalized spacial score (nSPS) is 32.2. The Bertz CT molecular complexity index is 1100. The molecule has 1 saturated carbocycles. The van der Waals surface area contributed by atoms with E-state index >= 15 is 0 Å². The van der Waals surface area contributed by atoms with Crippen LogP contribution in [-0.2, 0) is 0 Å². The summed E-state index contributed by atoms with van der Waals surface area (Å²) in [5, 5.41) is 21.2. The summed E-state index contributed by atoms with van der Waals surface area (Å²) in [7, 11) is 0. The van der Waals surface area contributed by atoms with Crippen LogP contribution in [0.5, 0.6) is 0 Å². The first-order valence-electron chi connectivity index (χ1n) is 9.60. The monoisotopic (exact) mass is 359 g/mol. The molecule has 3 unspecified atom stereocenters. The van der Waals surface area contributed by atoms with Gasteiger partial charge >= 0.3 is 5.95 Å². The average molecular weight is 359 g/mol. The minimum atomic E-state index is -0.264. The number of benzene rings is 1. The van der Waals surface area contributed by atoms with E-state index in [0.717, 1.165) is 36.0 Å². The summed E-state index contributed by atoms with van der Waals surface area (Å²) in [4.78, 5) is 8.05. The Balaban J connectivity index is 1.73. The van der Waals surface area contributed by atoms with Gasteiger partial charge in [0.2, 0.25) is 0 Å². The lowest BCUT2D eigenvalue weighted by Gasteiger charge is -2.41. The molecule has 3 atom stereocenters. The number of aromatic nitrogens is 2. The Morgan fingerprint density at radius 3 is 3.00 bits per heavy atom. The smallest absolute Gasteiger partial charge is 0.289 e. The summed E-state index contributed by atoms with van der Waals surface area (Å²) in [6.45, 7) is 4.14. The Kier molecular flexibility index (Phi) is 3.31. The van der Waals surface area contributed by atoms with E-state index in [1.807, 2.05) is 13.0 Å². The molecule has 1 aromatic heterocycles. The van der Waals surface area contributed by atoms with Crippen molar-refractivity contribution in [1.29, 1.82) is 5.26 Å². The minimum Gasteiger partial charge on any atom is -0.289 e. The third-order valence-electron chi connectivity index (χ3n) is 6.70. The lowest BCUT2D eigenvalue weighted by molar-refractivity contribution is -0.104. The van der Waals surface area contributed by atoms with E-state index in [1.54, 1.807) is 12.1 Å². The molecule has 3 aliphatic rings. The van der Waals surface area contributed by atoms with Crippen LogP contribution in [0.4, 0.5) is 5.95 Å². The van der Waals surface area contributed by atoms with Crippen molar-refractivity contribution >= 4 is 17.0 Å². The van der Waals surface area contributed by atoms with Gasteiger partial charge in [-0.25, -0.2) is 5.21 Å². The summed E-state index contributed by atoms with van der Waals surface area (Å²) in [5.74, 6) is 0.546. The van der Waals surface area contributed by atoms with Crippen molar-refractivity contribution in [3.63, 3.8) is 0 Å². The van der Waals surface area contributed by atoms with Gasteiger partial charge < -0.3 is 0 Å². The number of imidazole rings is 1. The minimum absolute atomic E-state index is 0.0258. The fourth-order valence-electron chi connectivity index (χ4n) is 5.38. The molecule has 5 nitrogen and oxygen atoms in total. The number of aromatic amines is 1. The maximum absolute atomic E-state index is 12.0. The lowest BCUT2D eigenvalue weighted by Crippen LogP contribution is -2.56. The average Bonchev–Trinajstić information content (AvgIpc) is 3.19. The third-order valence-corrected chi connectivity index (χ3v) is 6.70. The number of H-pyrrole nitrogens is 1. The zero-order chi connectivity index (χ0) is 18.8. The van der Waals surface area contributed by atoms with Crippen molar-refractivity contribution in [2.45, 2.75) is 45.6 Å². The molecule has 2 aliphatic carbocycles. The predicted octanol–water partition coefficient (Wildman–Crippen LogP) is 4.86. The molecule has 1 fully saturated rings. The van der Waals surface area contributed by atoms with E-state index in [1.165, 1.54) is 17.6 Å². The summed E-state index contributed by atoms with van der Waals surface area (Å²) >= 11 is 0. The number of rotatable bonds is 1. The van der Waals surface area contributed by atoms with Crippen LogP contribution in [0.3, 0.4) is 0 Å². The van der Waals surface area contributed by atoms with Gasteiger partial charge in [-0.05, 0) is 44.0 Å². The quantitative estimate of drug-likeness (QED) is 0.714. The van der Waals surface area contributed by atoms with Crippen LogP contribution >= 0.6 is 0 Å². The van der Waals surface area contributed by atoms with Gasteiger partial charge in [0.15, 0.2) is 5.70 Å². The first kappa shape index (κ1) is 16.5. The van der Waals surface area contributed by atoms with Crippen LogP contribution < -0.4 is 4.65 Å². The topological polar surface area (TPSA) is 72.7 Å². The molecule has 0 amide bonds. The number of hydroxylamine groups is 2. The van der Waals surface area contributed by atoms with Gasteiger partial charge in [0, 0.05) is 18.9 Å². The van der Waals surface area contributed by atoms with Gasteiger partial charge in [0.25, 0.3) is 0 Å². The zero-order valence-electron chi connectivity index (χ0n) is 15.7. The van der Waals surface area contributed by atoms with Gasteiger partial charge in [0.1, 0.15) is 6.04 Å². The van der Waals surface area contributed by atoms with Crippen molar-refractivity contribution in [3.8, 4) is 6.07 Å². The number of allylic oxidation sites excluding steroid dienone is 4. The second-order valence-corrected chi connectivity index (χ2v) is 8.11. The van der Waals surface area contributed by atoms with Crippen molar-refractivity contribution in [1.82, 2.24) is 14.6 Å². The summed E-state index contributed by atoms with van der Waals surface area (Å²) in [6.07, 6.45) is 11.1. The molecule has 5 rings (SSSR count). The molecule has 0 saturated heterocycles. The maximum Gasteiger partial charge on any atom is 0.346 e. The highest BCUT2D eigenvalue weighted by molar-refractivity contribution is 5.79. The van der Waals surface area contributed by atoms with Crippen LogP contribution in [0.1, 0.15) is 45.1 Å². The molecule has 1 aromatic carbocycles. The molecule has 2 aromatic rings. The van der Waals surface area contributed by atoms with Gasteiger partial charge in [-0.15, -0.1) is 0 Å². The highest BCUT2D eigenvalue weighted by atomic mass is 16.6. The van der Waals surface area contributed by atoms with Gasteiger partial charge in [0.05, 0.1) is 28.1 Å². The Morgan fingerprint density at radius 2 is 2.19 bits per heavy atom. The second kappa shape index (κ2) is 5.41. The molecule has 27 heavy (non-hydrogen) atoms. The van der Waals surface area contributed by atoms with E-state index in [4.69, 9.17) is 10.2 Å². The standard InChI is InChI=1S/C22H23N4O/c1-14-8-10-22-9-4-3-5-20(22)26(27,15(2)17(22)11-14)21-24-18-7-6-16(13-23)12-19(18)25-21/h6-8,10-12,20,27H,3-5,9H2,1-2H3,(H,24,25)/q+1. The Morgan fingerprint density at radius 1 is 1.33 bits per heavy atom. The number of hydrogen-bond donors (Lipinski definition) is 2. The number of hydrogen-bond acceptors (Lipinski definition) is 3. The third kappa shape index (κ3) is 2.03. The molecular weight excluding hydrogens is 336 g/mol. The van der Waals surface area contributed by atoms with Crippen molar-refractivity contribution < 1.29 is 5.21 Å². The lowest BCUT2D eigenvalue weighted by atomic mass is 9.65. The first-order valence-corrected chi connectivity index (χ1v) is 9.60. The van der Waals surface area contributed by atoms with Gasteiger partial charge in [-0.1, -0.05) is 28.8 Å². The SMILES string of the molecule is CC1=CC2=C(C)[N+](O)(c3nc4ccc(C#N)cc4[nH]3)C3CCCCC23C=C1. The number of quaternary nitrogens is 1. The molecule has 1 spiro atoms. The molecular formula is C22H23N4O+. The van der Waals surface area contributed by atoms with Crippen molar-refractivity contribution in [2.24, 2.45) is 5.41 Å². The molecule has 0 radical (unpaired) electrons. The van der Waals surface area contributed by atoms with Gasteiger partial charge in [-0.2, -0.15) is 10.2 Å². The van der Waals surface area contributed by atoms with E-state index in [-0.39, 0.29) is 16.1 Å². The Labute approximate surface area is 158 Å². The van der Waals surface area contributed by atoms with Crippen LogP contribution in [0.2, 0.25) is 0 Å². The molecule has 2 heterocycles. The Hall–Kier alpha value is -2.68. The van der Waals surface area contributed by atoms with Crippen LogP contribution in [-0.4, -0.2) is 21.2 Å². The summed E-state index contributed by atoms with van der Waals surface area (Å²) in [5.41, 5.74) is 5.44. The van der Waals surface area contributed by atoms with E-state index in [2.05, 4.69) is 36.2 Å². The van der Waals surface area contributed by atoms with Gasteiger partial charge in [-0.3, -0.25) is 4.98 Å². The second-order valence-electron chi connectivity index (χ2n) is 8.11. The highest BCUT2D eigenvalue weighted by Crippen LogP contribution is 2.58. The van der Waals surface area contributed by atoms with Crippen LogP contribution in [0.25, 0.3) is 11.0 Å². The number of nitrogens with one attached hydrogen (secondary N) is 1. The molecule has 136 valence electrons. The summed E-state index contributed by atoms with van der Waals surface area (Å²) < 4.78 is -0.264. The number of nitriles is 1. The molecule has 5 heteroatoms. The fourth-order valence-corrected chi connectivity index (χ4v) is 5.38. The van der Waals surface area contributed by atoms with E-state index in [9.17, 15) is 5.21 Å². The molecule has 0 bridgehead atoms. The highest BCUT2D eigenvalue weighted by Gasteiger charge is 2.64. The fraction of sp³-hybridized carbons (Fsp3) is 0.364. The van der Waals surface area contributed by atoms with Crippen molar-refractivity contribution in [2.75, 3.05) is 0 Å². The van der Waals surface area contributed by atoms with Crippen molar-refractivity contribution in [3.05, 3.63) is 58.8 Å². The number of fused-ring (bicyclic) bond motifs is 1. The molecule has 2 N–H and O–H groups in total. The largest absolute Gasteiger partial charge is 0.346 e.